The van der Waals surface area contributed by atoms with Crippen molar-refractivity contribution in [2.45, 2.75) is 50.3 Å². The average molecular weight is 591 g/mol. The summed E-state index contributed by atoms with van der Waals surface area (Å²) in [4.78, 5) is 12.8. The highest BCUT2D eigenvalue weighted by molar-refractivity contribution is 7.92. The molecule has 0 radical (unpaired) electrons. The molecule has 0 fully saturated rings. The van der Waals surface area contributed by atoms with Crippen LogP contribution in [0.3, 0.4) is 0 Å². The summed E-state index contributed by atoms with van der Waals surface area (Å²) >= 11 is 12.1. The van der Waals surface area contributed by atoms with Crippen molar-refractivity contribution in [2.75, 3.05) is 17.5 Å². The number of nitrogens with zero attached hydrogens (tertiary/aromatic N) is 2. The average Bonchev–Trinajstić information content (AvgIpc) is 2.94. The Hall–Kier alpha value is -3.07. The summed E-state index contributed by atoms with van der Waals surface area (Å²) in [6, 6.07) is 19.5. The zero-order valence-electron chi connectivity index (χ0n) is 21.9. The number of carbonyl (C=O) groups excluding carboxylic acids is 1. The molecule has 0 unspecified atom stereocenters. The van der Waals surface area contributed by atoms with Gasteiger partial charge in [-0.3, -0.25) is 9.10 Å². The van der Waals surface area contributed by atoms with E-state index in [0.29, 0.717) is 6.61 Å². The van der Waals surface area contributed by atoms with Crippen LogP contribution in [0.15, 0.2) is 82.8 Å². The number of hydrogen-bond donors (Lipinski definition) is 1. The minimum absolute atomic E-state index is 0.0335. The van der Waals surface area contributed by atoms with E-state index in [4.69, 9.17) is 27.9 Å². The van der Waals surface area contributed by atoms with E-state index in [1.165, 1.54) is 68.7 Å². The first-order valence-corrected chi connectivity index (χ1v) is 15.1. The monoisotopic (exact) mass is 589 g/mol. The summed E-state index contributed by atoms with van der Waals surface area (Å²) in [5, 5.41) is 4.42. The Labute approximate surface area is 240 Å². The van der Waals surface area contributed by atoms with Gasteiger partial charge in [0.2, 0.25) is 0 Å². The van der Waals surface area contributed by atoms with Crippen LogP contribution >= 0.6 is 23.2 Å². The summed E-state index contributed by atoms with van der Waals surface area (Å²) in [5.41, 5.74) is 3.34. The van der Waals surface area contributed by atoms with Gasteiger partial charge in [0.05, 0.1) is 33.4 Å². The van der Waals surface area contributed by atoms with E-state index < -0.39 is 22.5 Å². The minimum Gasteiger partial charge on any atom is -0.494 e. The Morgan fingerprint density at radius 2 is 1.62 bits per heavy atom. The fraction of sp³-hybridized carbons (Fsp3) is 0.310. The highest BCUT2D eigenvalue weighted by Crippen LogP contribution is 2.30. The Kier molecular flexibility index (Phi) is 12.1. The summed E-state index contributed by atoms with van der Waals surface area (Å²) in [7, 11) is -4.07. The molecule has 3 rings (SSSR count). The van der Waals surface area contributed by atoms with Crippen LogP contribution in [-0.2, 0) is 14.8 Å². The van der Waals surface area contributed by atoms with E-state index in [0.717, 1.165) is 22.0 Å². The highest BCUT2D eigenvalue weighted by Gasteiger charge is 2.27. The third-order valence-electron chi connectivity index (χ3n) is 5.86. The molecule has 0 saturated carbocycles. The van der Waals surface area contributed by atoms with Crippen molar-refractivity contribution in [3.8, 4) is 5.75 Å². The van der Waals surface area contributed by atoms with E-state index in [2.05, 4.69) is 17.5 Å². The van der Waals surface area contributed by atoms with E-state index >= 15 is 0 Å². The number of halogens is 2. The maximum atomic E-state index is 13.4. The van der Waals surface area contributed by atoms with Crippen LogP contribution in [0.25, 0.3) is 0 Å². The molecule has 0 aliphatic heterocycles. The van der Waals surface area contributed by atoms with E-state index in [1.54, 1.807) is 18.2 Å². The summed E-state index contributed by atoms with van der Waals surface area (Å²) in [6.07, 6.45) is 8.71. The molecule has 1 amide bonds. The van der Waals surface area contributed by atoms with Crippen molar-refractivity contribution < 1.29 is 17.9 Å². The molecule has 10 heteroatoms. The number of unbranched alkanes of at least 4 members (excludes halogenated alkanes) is 5. The number of ether oxygens (including phenoxy) is 1. The van der Waals surface area contributed by atoms with Crippen molar-refractivity contribution in [1.82, 2.24) is 5.43 Å². The number of anilines is 1. The molecule has 0 heterocycles. The molecule has 7 nitrogen and oxygen atoms in total. The van der Waals surface area contributed by atoms with E-state index in [-0.39, 0.29) is 20.6 Å². The predicted octanol–water partition coefficient (Wildman–Crippen LogP) is 7.08. The molecule has 39 heavy (non-hydrogen) atoms. The van der Waals surface area contributed by atoms with Crippen LogP contribution in [0.4, 0.5) is 5.69 Å². The third kappa shape index (κ3) is 9.56. The Morgan fingerprint density at radius 3 is 2.31 bits per heavy atom. The van der Waals surface area contributed by atoms with Crippen molar-refractivity contribution in [3.05, 3.63) is 88.4 Å². The van der Waals surface area contributed by atoms with Gasteiger partial charge in [-0.15, -0.1) is 0 Å². The van der Waals surface area contributed by atoms with Crippen LogP contribution in [0, 0.1) is 0 Å². The van der Waals surface area contributed by atoms with Crippen molar-refractivity contribution in [1.29, 1.82) is 0 Å². The number of amides is 1. The first-order valence-electron chi connectivity index (χ1n) is 12.9. The molecule has 0 atom stereocenters. The van der Waals surface area contributed by atoms with Crippen LogP contribution in [0.5, 0.6) is 5.75 Å². The predicted molar refractivity (Wildman–Crippen MR) is 158 cm³/mol. The largest absolute Gasteiger partial charge is 0.494 e. The summed E-state index contributed by atoms with van der Waals surface area (Å²) < 4.78 is 33.5. The second-order valence-electron chi connectivity index (χ2n) is 8.90. The maximum absolute atomic E-state index is 13.4. The first kappa shape index (κ1) is 30.5. The molecule has 1 N–H and O–H groups in total. The van der Waals surface area contributed by atoms with Crippen molar-refractivity contribution in [3.63, 3.8) is 0 Å². The number of benzene rings is 3. The van der Waals surface area contributed by atoms with Gasteiger partial charge in [-0.1, -0.05) is 80.4 Å². The fourth-order valence-corrected chi connectivity index (χ4v) is 5.47. The molecule has 0 aliphatic carbocycles. The van der Waals surface area contributed by atoms with E-state index in [9.17, 15) is 13.2 Å². The topological polar surface area (TPSA) is 88.1 Å². The van der Waals surface area contributed by atoms with E-state index in [1.807, 2.05) is 24.3 Å². The van der Waals surface area contributed by atoms with Crippen molar-refractivity contribution >= 4 is 51.0 Å². The lowest BCUT2D eigenvalue weighted by Gasteiger charge is -2.24. The molecule has 0 spiro atoms. The molecular formula is C29H33Cl2N3O4S. The van der Waals surface area contributed by atoms with Crippen molar-refractivity contribution in [2.24, 2.45) is 5.10 Å². The van der Waals surface area contributed by atoms with Gasteiger partial charge in [-0.25, -0.2) is 13.8 Å². The van der Waals surface area contributed by atoms with Gasteiger partial charge in [-0.05, 0) is 66.6 Å². The highest BCUT2D eigenvalue weighted by atomic mass is 35.5. The normalized spacial score (nSPS) is 11.5. The van der Waals surface area contributed by atoms with Gasteiger partial charge in [-0.2, -0.15) is 5.10 Å². The standard InChI is InChI=1S/C29H33Cl2N3O4S/c1-2-3-4-5-6-10-19-38-25-16-13-23(14-17-25)21-32-33-29(35)22-34(24-15-18-27(30)28(31)20-24)39(36,37)26-11-8-7-9-12-26/h7-9,11-18,20-21H,2-6,10,19,22H2,1H3,(H,33,35)/b32-21+. The Balaban J connectivity index is 1.59. The number of nitrogens with one attached hydrogen (secondary N) is 1. The Morgan fingerprint density at radius 1 is 0.923 bits per heavy atom. The van der Waals surface area contributed by atoms with Gasteiger partial charge in [0.15, 0.2) is 0 Å². The first-order chi connectivity index (χ1) is 18.8. The molecule has 3 aromatic rings. The Bertz CT molecular complexity index is 1330. The van der Waals surface area contributed by atoms with Crippen LogP contribution in [0.1, 0.15) is 51.0 Å². The number of carbonyl (C=O) groups is 1. The summed E-state index contributed by atoms with van der Waals surface area (Å²) in [5.74, 6) is 0.142. The number of hydrazone groups is 1. The molecular weight excluding hydrogens is 557 g/mol. The van der Waals surface area contributed by atoms with Crippen LogP contribution in [0.2, 0.25) is 10.0 Å². The molecule has 0 aromatic heterocycles. The lowest BCUT2D eigenvalue weighted by Crippen LogP contribution is -2.39. The minimum atomic E-state index is -4.07. The molecule has 3 aromatic carbocycles. The number of rotatable bonds is 15. The number of hydrogen-bond acceptors (Lipinski definition) is 5. The van der Waals surface area contributed by atoms with Gasteiger partial charge < -0.3 is 4.74 Å². The zero-order valence-corrected chi connectivity index (χ0v) is 24.2. The smallest absolute Gasteiger partial charge is 0.264 e. The molecule has 208 valence electrons. The van der Waals surface area contributed by atoms with Crippen LogP contribution in [-0.4, -0.2) is 33.7 Å². The van der Waals surface area contributed by atoms with Gasteiger partial charge in [0.25, 0.3) is 15.9 Å². The van der Waals surface area contributed by atoms with Gasteiger partial charge in [0, 0.05) is 0 Å². The summed E-state index contributed by atoms with van der Waals surface area (Å²) in [6.45, 7) is 2.37. The van der Waals surface area contributed by atoms with Gasteiger partial charge in [0.1, 0.15) is 12.3 Å². The quantitative estimate of drug-likeness (QED) is 0.116. The lowest BCUT2D eigenvalue weighted by atomic mass is 10.1. The lowest BCUT2D eigenvalue weighted by molar-refractivity contribution is -0.119. The molecule has 0 aliphatic rings. The zero-order chi connectivity index (χ0) is 28.1. The number of sulfonamides is 1. The maximum Gasteiger partial charge on any atom is 0.264 e. The second-order valence-corrected chi connectivity index (χ2v) is 11.6. The third-order valence-corrected chi connectivity index (χ3v) is 8.39. The SMILES string of the molecule is CCCCCCCCOc1ccc(/C=N/NC(=O)CN(c2ccc(Cl)c(Cl)c2)S(=O)(=O)c2ccccc2)cc1. The second kappa shape index (κ2) is 15.5. The molecule has 0 bridgehead atoms. The van der Waals surface area contributed by atoms with Crippen LogP contribution < -0.4 is 14.5 Å². The molecule has 0 saturated heterocycles. The van der Waals surface area contributed by atoms with Gasteiger partial charge >= 0.3 is 0 Å². The fourth-order valence-electron chi connectivity index (χ4n) is 3.74.